The molecule has 0 aliphatic carbocycles. The number of amides is 1. The van der Waals surface area contributed by atoms with Crippen LogP contribution in [0.25, 0.3) is 0 Å². The summed E-state index contributed by atoms with van der Waals surface area (Å²) in [6, 6.07) is 7.61. The predicted octanol–water partition coefficient (Wildman–Crippen LogP) is 2.20. The Morgan fingerprint density at radius 2 is 1.92 bits per heavy atom. The third-order valence-corrected chi connectivity index (χ3v) is 3.76. The van der Waals surface area contributed by atoms with Gasteiger partial charge in [0.25, 0.3) is 5.91 Å². The molecule has 1 aromatic carbocycles. The van der Waals surface area contributed by atoms with Crippen molar-refractivity contribution in [2.24, 2.45) is 0 Å². The third kappa shape index (κ3) is 4.82. The Kier molecular flexibility index (Phi) is 6.16. The fourth-order valence-electron chi connectivity index (χ4n) is 2.31. The van der Waals surface area contributed by atoms with Crippen LogP contribution in [0.3, 0.4) is 0 Å². The van der Waals surface area contributed by atoms with Gasteiger partial charge in [0.15, 0.2) is 6.10 Å². The van der Waals surface area contributed by atoms with Crippen molar-refractivity contribution in [3.05, 3.63) is 46.8 Å². The molecule has 0 fully saturated rings. The van der Waals surface area contributed by atoms with Crippen molar-refractivity contribution in [3.8, 4) is 5.75 Å². The molecule has 0 radical (unpaired) electrons. The number of ether oxygens (including phenoxy) is 2. The zero-order valence-corrected chi connectivity index (χ0v) is 14.8. The molecule has 7 heteroatoms. The molecule has 1 amide bonds. The zero-order chi connectivity index (χ0) is 18.4. The van der Waals surface area contributed by atoms with Gasteiger partial charge in [0.05, 0.1) is 12.8 Å². The summed E-state index contributed by atoms with van der Waals surface area (Å²) in [4.78, 5) is 24.2. The molecule has 25 heavy (non-hydrogen) atoms. The SMILES string of the molecule is COc1ccc(CCNC(=O)[C@H](C)OC(=O)c2c(C)noc2C)cc1. The Bertz CT molecular complexity index is 717. The number of aromatic nitrogens is 1. The van der Waals surface area contributed by atoms with E-state index in [-0.39, 0.29) is 11.5 Å². The summed E-state index contributed by atoms with van der Waals surface area (Å²) in [6.07, 6.45) is -0.239. The van der Waals surface area contributed by atoms with Crippen LogP contribution in [-0.2, 0) is 16.0 Å². The molecule has 7 nitrogen and oxygen atoms in total. The molecule has 2 rings (SSSR count). The maximum atomic E-state index is 12.1. The van der Waals surface area contributed by atoms with Gasteiger partial charge in [-0.3, -0.25) is 4.79 Å². The third-order valence-electron chi connectivity index (χ3n) is 3.76. The Hall–Kier alpha value is -2.83. The van der Waals surface area contributed by atoms with E-state index in [0.29, 0.717) is 24.4 Å². The van der Waals surface area contributed by atoms with Crippen LogP contribution in [-0.4, -0.2) is 36.8 Å². The van der Waals surface area contributed by atoms with Gasteiger partial charge < -0.3 is 19.3 Å². The topological polar surface area (TPSA) is 90.7 Å². The Morgan fingerprint density at radius 1 is 1.24 bits per heavy atom. The molecule has 1 heterocycles. The van der Waals surface area contributed by atoms with Crippen LogP contribution in [0.1, 0.15) is 34.3 Å². The van der Waals surface area contributed by atoms with Crippen molar-refractivity contribution in [2.45, 2.75) is 33.3 Å². The van der Waals surface area contributed by atoms with Crippen LogP contribution in [0.2, 0.25) is 0 Å². The lowest BCUT2D eigenvalue weighted by Crippen LogP contribution is -2.37. The summed E-state index contributed by atoms with van der Waals surface area (Å²) >= 11 is 0. The molecular formula is C18H22N2O5. The summed E-state index contributed by atoms with van der Waals surface area (Å²) in [5.41, 5.74) is 1.77. The number of nitrogens with one attached hydrogen (secondary N) is 1. The minimum atomic E-state index is -0.905. The highest BCUT2D eigenvalue weighted by Crippen LogP contribution is 2.14. The molecule has 1 N–H and O–H groups in total. The predicted molar refractivity (Wildman–Crippen MR) is 90.6 cm³/mol. The zero-order valence-electron chi connectivity index (χ0n) is 14.8. The molecule has 0 aliphatic heterocycles. The van der Waals surface area contributed by atoms with Crippen LogP contribution >= 0.6 is 0 Å². The molecule has 1 aromatic heterocycles. The smallest absolute Gasteiger partial charge is 0.344 e. The average Bonchev–Trinajstić information content (AvgIpc) is 2.94. The molecule has 134 valence electrons. The number of esters is 1. The van der Waals surface area contributed by atoms with Crippen molar-refractivity contribution in [3.63, 3.8) is 0 Å². The van der Waals surface area contributed by atoms with Crippen LogP contribution in [0, 0.1) is 13.8 Å². The van der Waals surface area contributed by atoms with Crippen LogP contribution in [0.5, 0.6) is 5.75 Å². The summed E-state index contributed by atoms with van der Waals surface area (Å²) < 4.78 is 15.2. The Morgan fingerprint density at radius 3 is 2.48 bits per heavy atom. The fraction of sp³-hybridized carbons (Fsp3) is 0.389. The summed E-state index contributed by atoms with van der Waals surface area (Å²) in [5.74, 6) is 0.185. The van der Waals surface area contributed by atoms with E-state index >= 15 is 0 Å². The van der Waals surface area contributed by atoms with E-state index in [1.54, 1.807) is 21.0 Å². The molecule has 1 atom stereocenters. The first-order chi connectivity index (χ1) is 11.9. The maximum Gasteiger partial charge on any atom is 0.344 e. The van der Waals surface area contributed by atoms with Crippen molar-refractivity contribution in [1.82, 2.24) is 10.5 Å². The van der Waals surface area contributed by atoms with Crippen molar-refractivity contribution >= 4 is 11.9 Å². The van der Waals surface area contributed by atoms with E-state index in [9.17, 15) is 9.59 Å². The van der Waals surface area contributed by atoms with E-state index in [4.69, 9.17) is 14.0 Å². The first-order valence-electron chi connectivity index (χ1n) is 7.97. The summed E-state index contributed by atoms with van der Waals surface area (Å²) in [7, 11) is 1.61. The second-order valence-electron chi connectivity index (χ2n) is 5.64. The largest absolute Gasteiger partial charge is 0.497 e. The maximum absolute atomic E-state index is 12.1. The summed E-state index contributed by atoms with van der Waals surface area (Å²) in [6.45, 7) is 5.24. The molecule has 0 unspecified atom stereocenters. The van der Waals surface area contributed by atoms with Crippen molar-refractivity contribution in [1.29, 1.82) is 0 Å². The number of hydrogen-bond acceptors (Lipinski definition) is 6. The lowest BCUT2D eigenvalue weighted by molar-refractivity contribution is -0.129. The minimum Gasteiger partial charge on any atom is -0.497 e. The summed E-state index contributed by atoms with van der Waals surface area (Å²) in [5, 5.41) is 6.45. The van der Waals surface area contributed by atoms with Gasteiger partial charge in [-0.15, -0.1) is 0 Å². The van der Waals surface area contributed by atoms with Gasteiger partial charge in [-0.1, -0.05) is 17.3 Å². The van der Waals surface area contributed by atoms with Crippen molar-refractivity contribution < 1.29 is 23.6 Å². The lowest BCUT2D eigenvalue weighted by Gasteiger charge is -2.13. The van der Waals surface area contributed by atoms with E-state index in [1.165, 1.54) is 6.92 Å². The van der Waals surface area contributed by atoms with Gasteiger partial charge in [-0.25, -0.2) is 4.79 Å². The quantitative estimate of drug-likeness (QED) is 0.773. The number of rotatable bonds is 7. The van der Waals surface area contributed by atoms with Gasteiger partial charge >= 0.3 is 5.97 Å². The minimum absolute atomic E-state index is 0.262. The normalized spacial score (nSPS) is 11.7. The van der Waals surface area contributed by atoms with E-state index in [1.807, 2.05) is 24.3 Å². The highest BCUT2D eigenvalue weighted by Gasteiger charge is 2.23. The van der Waals surface area contributed by atoms with Crippen LogP contribution in [0.15, 0.2) is 28.8 Å². The highest BCUT2D eigenvalue weighted by molar-refractivity contribution is 5.93. The van der Waals surface area contributed by atoms with E-state index < -0.39 is 12.1 Å². The monoisotopic (exact) mass is 346 g/mol. The second-order valence-corrected chi connectivity index (χ2v) is 5.64. The highest BCUT2D eigenvalue weighted by atomic mass is 16.5. The van der Waals surface area contributed by atoms with Gasteiger partial charge in [0, 0.05) is 6.54 Å². The van der Waals surface area contributed by atoms with Gasteiger partial charge in [0.1, 0.15) is 17.1 Å². The van der Waals surface area contributed by atoms with Gasteiger partial charge in [-0.2, -0.15) is 0 Å². The Labute approximate surface area is 146 Å². The number of benzene rings is 1. The van der Waals surface area contributed by atoms with E-state index in [0.717, 1.165) is 11.3 Å². The second kappa shape index (κ2) is 8.32. The number of aryl methyl sites for hydroxylation is 2. The standard InChI is InChI=1S/C18H22N2O5/c1-11-16(12(2)25-20-11)18(22)24-13(3)17(21)19-10-9-14-5-7-15(23-4)8-6-14/h5-8,13H,9-10H2,1-4H3,(H,19,21)/t13-/m0/s1. The van der Waals surface area contributed by atoms with Crippen LogP contribution in [0.4, 0.5) is 0 Å². The first-order valence-corrected chi connectivity index (χ1v) is 7.97. The molecule has 0 saturated carbocycles. The van der Waals surface area contributed by atoms with Gasteiger partial charge in [0.2, 0.25) is 0 Å². The number of carbonyl (C=O) groups is 2. The molecule has 0 bridgehead atoms. The number of nitrogens with zero attached hydrogens (tertiary/aromatic N) is 1. The molecular weight excluding hydrogens is 324 g/mol. The van der Waals surface area contributed by atoms with Crippen molar-refractivity contribution in [2.75, 3.05) is 13.7 Å². The van der Waals surface area contributed by atoms with Crippen LogP contribution < -0.4 is 10.1 Å². The molecule has 0 spiro atoms. The first kappa shape index (κ1) is 18.5. The molecule has 0 saturated heterocycles. The van der Waals surface area contributed by atoms with Gasteiger partial charge in [-0.05, 0) is 44.9 Å². The fourth-order valence-corrected chi connectivity index (χ4v) is 2.31. The Balaban J connectivity index is 1.80. The number of methoxy groups -OCH3 is 1. The average molecular weight is 346 g/mol. The molecule has 0 aliphatic rings. The molecule has 2 aromatic rings. The number of hydrogen-bond donors (Lipinski definition) is 1. The number of carbonyl (C=O) groups excluding carboxylic acids is 2. The lowest BCUT2D eigenvalue weighted by atomic mass is 10.1. The van der Waals surface area contributed by atoms with E-state index in [2.05, 4.69) is 10.5 Å².